The summed E-state index contributed by atoms with van der Waals surface area (Å²) in [6.07, 6.45) is 2.49. The van der Waals surface area contributed by atoms with Crippen LogP contribution in [0.4, 0.5) is 4.79 Å². The molecule has 4 rings (SSSR count). The third-order valence-electron chi connectivity index (χ3n) is 5.50. The fourth-order valence-corrected chi connectivity index (χ4v) is 3.73. The minimum atomic E-state index is -0.00232. The monoisotopic (exact) mass is 420 g/mol. The Bertz CT molecular complexity index is 938. The molecule has 1 N–H and O–H groups in total. The molecule has 0 radical (unpaired) electrons. The molecule has 0 unspecified atom stereocenters. The molecule has 1 aromatic heterocycles. The van der Waals surface area contributed by atoms with E-state index in [9.17, 15) is 4.79 Å². The number of hydrogen-bond acceptors (Lipinski definition) is 5. The molecule has 0 atom stereocenters. The van der Waals surface area contributed by atoms with E-state index >= 15 is 0 Å². The molecule has 7 heteroatoms. The fraction of sp³-hybridized carbons (Fsp3) is 0.375. The average Bonchev–Trinajstić information content (AvgIpc) is 3.29. The summed E-state index contributed by atoms with van der Waals surface area (Å²) in [5.41, 5.74) is 2.33. The van der Waals surface area contributed by atoms with Crippen LogP contribution in [-0.2, 0) is 24.4 Å². The largest absolute Gasteiger partial charge is 0.367 e. The predicted octanol–water partition coefficient (Wildman–Crippen LogP) is 3.92. The summed E-state index contributed by atoms with van der Waals surface area (Å²) in [6.45, 7) is 2.83. The summed E-state index contributed by atoms with van der Waals surface area (Å²) in [5, 5.41) is 7.15. The molecule has 31 heavy (non-hydrogen) atoms. The number of ether oxygens (including phenoxy) is 1. The molecule has 1 saturated heterocycles. The number of nitrogens with one attached hydrogen (secondary N) is 1. The first-order valence-electron chi connectivity index (χ1n) is 10.8. The minimum absolute atomic E-state index is 0.00232. The minimum Gasteiger partial charge on any atom is -0.367 e. The van der Waals surface area contributed by atoms with Gasteiger partial charge in [0.1, 0.15) is 6.61 Å². The van der Waals surface area contributed by atoms with Gasteiger partial charge in [-0.05, 0) is 30.4 Å². The van der Waals surface area contributed by atoms with E-state index < -0.39 is 0 Å². The zero-order valence-corrected chi connectivity index (χ0v) is 17.6. The van der Waals surface area contributed by atoms with Crippen molar-refractivity contribution in [1.82, 2.24) is 20.4 Å². The Kier molecular flexibility index (Phi) is 7.28. The molecule has 3 aromatic rings. The molecule has 2 amide bonds. The van der Waals surface area contributed by atoms with Crippen LogP contribution in [0.3, 0.4) is 0 Å². The maximum Gasteiger partial charge on any atom is 0.317 e. The standard InChI is InChI=1S/C24H28N4O3/c29-24(25-14-11-19-7-3-1-4-8-19)28-15-12-21(13-16-28)23-26-22(31-27-23)18-30-17-20-9-5-2-6-10-20/h1-10,21H,11-18H2,(H,25,29). The molecule has 2 heterocycles. The van der Waals surface area contributed by atoms with E-state index in [4.69, 9.17) is 9.26 Å². The van der Waals surface area contributed by atoms with E-state index in [2.05, 4.69) is 27.6 Å². The number of nitrogens with zero attached hydrogens (tertiary/aromatic N) is 3. The molecule has 0 aliphatic carbocycles. The van der Waals surface area contributed by atoms with Gasteiger partial charge in [-0.25, -0.2) is 4.79 Å². The Morgan fingerprint density at radius 3 is 2.39 bits per heavy atom. The van der Waals surface area contributed by atoms with Crippen LogP contribution in [-0.4, -0.2) is 40.7 Å². The number of urea groups is 1. The van der Waals surface area contributed by atoms with Crippen molar-refractivity contribution in [3.05, 3.63) is 83.5 Å². The molecule has 162 valence electrons. The van der Waals surface area contributed by atoms with Gasteiger partial charge in [0, 0.05) is 25.6 Å². The molecule has 2 aromatic carbocycles. The van der Waals surface area contributed by atoms with E-state index in [-0.39, 0.29) is 11.9 Å². The van der Waals surface area contributed by atoms with Gasteiger partial charge in [-0.3, -0.25) is 0 Å². The second-order valence-corrected chi connectivity index (χ2v) is 7.75. The number of carbonyl (C=O) groups is 1. The van der Waals surface area contributed by atoms with Gasteiger partial charge in [0.2, 0.25) is 0 Å². The first-order valence-corrected chi connectivity index (χ1v) is 10.8. The van der Waals surface area contributed by atoms with E-state index in [1.54, 1.807) is 0 Å². The van der Waals surface area contributed by atoms with Gasteiger partial charge >= 0.3 is 6.03 Å². The summed E-state index contributed by atoms with van der Waals surface area (Å²) >= 11 is 0. The van der Waals surface area contributed by atoms with Crippen molar-refractivity contribution in [3.63, 3.8) is 0 Å². The summed E-state index contributed by atoms with van der Waals surface area (Å²) in [4.78, 5) is 18.8. The van der Waals surface area contributed by atoms with Crippen LogP contribution in [0.2, 0.25) is 0 Å². The highest BCUT2D eigenvalue weighted by Crippen LogP contribution is 2.26. The molecular weight excluding hydrogens is 392 g/mol. The van der Waals surface area contributed by atoms with Gasteiger partial charge in [0.05, 0.1) is 6.61 Å². The molecule has 0 bridgehead atoms. The Morgan fingerprint density at radius 1 is 1.00 bits per heavy atom. The van der Waals surface area contributed by atoms with E-state index in [1.807, 2.05) is 53.4 Å². The number of piperidine rings is 1. The second-order valence-electron chi connectivity index (χ2n) is 7.75. The van der Waals surface area contributed by atoms with Crippen LogP contribution < -0.4 is 5.32 Å². The fourth-order valence-electron chi connectivity index (χ4n) is 3.73. The number of amides is 2. The Balaban J connectivity index is 1.17. The van der Waals surface area contributed by atoms with Crippen LogP contribution in [0.15, 0.2) is 65.2 Å². The Hall–Kier alpha value is -3.19. The van der Waals surface area contributed by atoms with Crippen LogP contribution in [0.1, 0.15) is 41.6 Å². The van der Waals surface area contributed by atoms with Crippen molar-refractivity contribution in [1.29, 1.82) is 0 Å². The van der Waals surface area contributed by atoms with Crippen molar-refractivity contribution in [2.24, 2.45) is 0 Å². The third kappa shape index (κ3) is 6.15. The number of benzene rings is 2. The van der Waals surface area contributed by atoms with Crippen molar-refractivity contribution in [2.45, 2.75) is 38.4 Å². The topological polar surface area (TPSA) is 80.5 Å². The van der Waals surface area contributed by atoms with Crippen LogP contribution in [0.25, 0.3) is 0 Å². The lowest BCUT2D eigenvalue weighted by Crippen LogP contribution is -2.44. The molecule has 1 fully saturated rings. The third-order valence-corrected chi connectivity index (χ3v) is 5.50. The smallest absolute Gasteiger partial charge is 0.317 e. The molecule has 0 saturated carbocycles. The zero-order chi connectivity index (χ0) is 21.3. The van der Waals surface area contributed by atoms with Crippen molar-refractivity contribution in [3.8, 4) is 0 Å². The Morgan fingerprint density at radius 2 is 1.68 bits per heavy atom. The normalized spacial score (nSPS) is 14.5. The lowest BCUT2D eigenvalue weighted by molar-refractivity contribution is 0.0850. The van der Waals surface area contributed by atoms with Gasteiger partial charge < -0.3 is 19.5 Å². The molecular formula is C24H28N4O3. The SMILES string of the molecule is O=C(NCCc1ccccc1)N1CCC(c2noc(COCc3ccccc3)n2)CC1. The number of carbonyl (C=O) groups excluding carboxylic acids is 1. The molecule has 1 aliphatic rings. The summed E-state index contributed by atoms with van der Waals surface area (Å²) < 4.78 is 11.0. The predicted molar refractivity (Wildman–Crippen MR) is 116 cm³/mol. The van der Waals surface area contributed by atoms with Gasteiger partial charge in [-0.15, -0.1) is 0 Å². The van der Waals surface area contributed by atoms with Crippen LogP contribution in [0.5, 0.6) is 0 Å². The number of rotatable bonds is 8. The Labute approximate surface area is 182 Å². The second kappa shape index (κ2) is 10.7. The van der Waals surface area contributed by atoms with Gasteiger partial charge in [-0.2, -0.15) is 4.98 Å². The number of likely N-dealkylation sites (tertiary alicyclic amines) is 1. The van der Waals surface area contributed by atoms with Crippen LogP contribution in [0, 0.1) is 0 Å². The number of hydrogen-bond donors (Lipinski definition) is 1. The van der Waals surface area contributed by atoms with Gasteiger partial charge in [0.25, 0.3) is 5.89 Å². The van der Waals surface area contributed by atoms with E-state index in [0.29, 0.717) is 44.6 Å². The first kappa shape index (κ1) is 21.1. The molecule has 1 aliphatic heterocycles. The highest BCUT2D eigenvalue weighted by molar-refractivity contribution is 5.74. The zero-order valence-electron chi connectivity index (χ0n) is 17.6. The van der Waals surface area contributed by atoms with Crippen molar-refractivity contribution < 1.29 is 14.1 Å². The van der Waals surface area contributed by atoms with Crippen molar-refractivity contribution >= 4 is 6.03 Å². The summed E-state index contributed by atoms with van der Waals surface area (Å²) in [7, 11) is 0. The highest BCUT2D eigenvalue weighted by Gasteiger charge is 2.26. The lowest BCUT2D eigenvalue weighted by Gasteiger charge is -2.30. The van der Waals surface area contributed by atoms with Gasteiger partial charge in [0.15, 0.2) is 5.82 Å². The number of aromatic nitrogens is 2. The summed E-state index contributed by atoms with van der Waals surface area (Å²) in [6, 6.07) is 20.2. The molecule has 7 nitrogen and oxygen atoms in total. The highest BCUT2D eigenvalue weighted by atomic mass is 16.5. The van der Waals surface area contributed by atoms with E-state index in [1.165, 1.54) is 5.56 Å². The van der Waals surface area contributed by atoms with E-state index in [0.717, 1.165) is 24.8 Å². The molecule has 0 spiro atoms. The summed E-state index contributed by atoms with van der Waals surface area (Å²) in [5.74, 6) is 1.41. The van der Waals surface area contributed by atoms with Crippen LogP contribution >= 0.6 is 0 Å². The van der Waals surface area contributed by atoms with Crippen molar-refractivity contribution in [2.75, 3.05) is 19.6 Å². The average molecular weight is 421 g/mol. The quantitative estimate of drug-likeness (QED) is 0.597. The lowest BCUT2D eigenvalue weighted by atomic mass is 9.96. The first-order chi connectivity index (χ1) is 15.3. The maximum absolute atomic E-state index is 12.4. The maximum atomic E-state index is 12.4. The van der Waals surface area contributed by atoms with Gasteiger partial charge in [-0.1, -0.05) is 65.8 Å².